The summed E-state index contributed by atoms with van der Waals surface area (Å²) in [6.45, 7) is 2.03. The number of aliphatic hydroxyl groups is 1. The van der Waals surface area contributed by atoms with E-state index in [0.717, 1.165) is 10.6 Å². The van der Waals surface area contributed by atoms with E-state index in [9.17, 15) is 9.90 Å². The highest BCUT2D eigenvalue weighted by atomic mass is 32.2. The van der Waals surface area contributed by atoms with E-state index in [1.54, 1.807) is 36.5 Å². The number of hydrogen-bond acceptors (Lipinski definition) is 4. The van der Waals surface area contributed by atoms with Crippen LogP contribution in [0, 0.1) is 0 Å². The van der Waals surface area contributed by atoms with Crippen molar-refractivity contribution in [2.24, 2.45) is 0 Å². The Morgan fingerprint density at radius 2 is 2.05 bits per heavy atom. The fourth-order valence-electron chi connectivity index (χ4n) is 1.61. The van der Waals surface area contributed by atoms with Crippen LogP contribution in [-0.2, 0) is 0 Å². The van der Waals surface area contributed by atoms with Crippen LogP contribution < -0.4 is 5.32 Å². The molecule has 5 heteroatoms. The van der Waals surface area contributed by atoms with Gasteiger partial charge in [-0.1, -0.05) is 12.1 Å². The minimum Gasteiger partial charge on any atom is -0.388 e. The molecule has 0 saturated heterocycles. The lowest BCUT2D eigenvalue weighted by atomic mass is 10.0. The Labute approximate surface area is 123 Å². The Morgan fingerprint density at radius 1 is 1.37 bits per heavy atom. The van der Waals surface area contributed by atoms with Crippen LogP contribution in [0.1, 0.15) is 23.7 Å². The van der Waals surface area contributed by atoms with Gasteiger partial charge in [0.15, 0.2) is 0 Å². The van der Waals surface area contributed by atoms with Gasteiger partial charge in [-0.3, -0.25) is 4.79 Å². The predicted octanol–water partition coefficient (Wildman–Crippen LogP) is 2.64. The Bertz CT molecular complexity index is 422. The van der Waals surface area contributed by atoms with Gasteiger partial charge in [0, 0.05) is 11.4 Å². The number of carbonyl (C=O) groups is 1. The fraction of sp³-hybridized carbons (Fsp3) is 0.500. The summed E-state index contributed by atoms with van der Waals surface area (Å²) in [5, 5.41) is 12.9. The van der Waals surface area contributed by atoms with Crippen LogP contribution in [0.25, 0.3) is 0 Å². The summed E-state index contributed by atoms with van der Waals surface area (Å²) in [6.07, 6.45) is 4.61. The molecule has 106 valence electrons. The van der Waals surface area contributed by atoms with Crippen LogP contribution in [0.2, 0.25) is 0 Å². The first-order chi connectivity index (χ1) is 9.00. The van der Waals surface area contributed by atoms with Crippen molar-refractivity contribution in [3.8, 4) is 0 Å². The Morgan fingerprint density at radius 3 is 2.68 bits per heavy atom. The quantitative estimate of drug-likeness (QED) is 0.760. The first kappa shape index (κ1) is 16.4. The van der Waals surface area contributed by atoms with Crippen molar-refractivity contribution in [2.45, 2.75) is 23.8 Å². The summed E-state index contributed by atoms with van der Waals surface area (Å²) in [7, 11) is 0. The summed E-state index contributed by atoms with van der Waals surface area (Å²) >= 11 is 3.23. The molecule has 0 aromatic heterocycles. The van der Waals surface area contributed by atoms with Crippen LogP contribution in [0.15, 0.2) is 29.2 Å². The molecule has 1 rings (SSSR count). The summed E-state index contributed by atoms with van der Waals surface area (Å²) in [5.41, 5.74) is -0.192. The first-order valence-corrected chi connectivity index (χ1v) is 8.74. The molecule has 2 N–H and O–H groups in total. The second kappa shape index (κ2) is 7.82. The third-order valence-corrected chi connectivity index (χ3v) is 4.23. The van der Waals surface area contributed by atoms with Gasteiger partial charge in [-0.05, 0) is 43.7 Å². The van der Waals surface area contributed by atoms with Crippen LogP contribution in [0.5, 0.6) is 0 Å². The number of carbonyl (C=O) groups excluding carboxylic acids is 1. The Hall–Kier alpha value is -0.650. The smallest absolute Gasteiger partial charge is 0.252 e. The Balaban J connectivity index is 2.60. The second-order valence-corrected chi connectivity index (χ2v) is 6.46. The summed E-state index contributed by atoms with van der Waals surface area (Å²) in [6, 6.07) is 7.49. The minimum atomic E-state index is -0.854. The third kappa shape index (κ3) is 5.47. The van der Waals surface area contributed by atoms with Gasteiger partial charge >= 0.3 is 0 Å². The van der Waals surface area contributed by atoms with E-state index in [0.29, 0.717) is 12.0 Å². The van der Waals surface area contributed by atoms with Gasteiger partial charge in [-0.25, -0.2) is 0 Å². The van der Waals surface area contributed by atoms with Gasteiger partial charge in [-0.2, -0.15) is 11.8 Å². The molecule has 0 aliphatic carbocycles. The number of amides is 1. The molecule has 0 saturated carbocycles. The van der Waals surface area contributed by atoms with E-state index in [4.69, 9.17) is 0 Å². The van der Waals surface area contributed by atoms with E-state index in [1.165, 1.54) is 0 Å². The van der Waals surface area contributed by atoms with Crippen LogP contribution in [-0.4, -0.2) is 41.4 Å². The molecular weight excluding hydrogens is 278 g/mol. The average molecular weight is 299 g/mol. The third-order valence-electron chi connectivity index (χ3n) is 2.83. The summed E-state index contributed by atoms with van der Waals surface area (Å²) in [4.78, 5) is 13.1. The minimum absolute atomic E-state index is 0.130. The predicted molar refractivity (Wildman–Crippen MR) is 84.2 cm³/mol. The molecule has 0 spiro atoms. The molecular formula is C14H21NO2S2. The molecule has 1 amide bonds. The van der Waals surface area contributed by atoms with Crippen molar-refractivity contribution in [1.82, 2.24) is 5.32 Å². The molecule has 0 bridgehead atoms. The van der Waals surface area contributed by atoms with E-state index in [1.807, 2.05) is 30.7 Å². The van der Waals surface area contributed by atoms with Crippen molar-refractivity contribution < 1.29 is 9.90 Å². The standard InChI is InChI=1S/C14H21NO2S2/c1-14(17,8-9-18-2)10-15-13(16)11-6-4-5-7-12(11)19-3/h4-7,17H,8-10H2,1-3H3,(H,15,16)/t14-/m1/s1. The molecule has 1 atom stereocenters. The topological polar surface area (TPSA) is 49.3 Å². The number of nitrogens with one attached hydrogen (secondary N) is 1. The highest BCUT2D eigenvalue weighted by Gasteiger charge is 2.21. The maximum absolute atomic E-state index is 12.1. The van der Waals surface area contributed by atoms with Gasteiger partial charge in [0.1, 0.15) is 0 Å². The monoisotopic (exact) mass is 299 g/mol. The van der Waals surface area contributed by atoms with Crippen LogP contribution in [0.4, 0.5) is 0 Å². The number of rotatable bonds is 7. The number of thioether (sulfide) groups is 2. The number of hydrogen-bond donors (Lipinski definition) is 2. The summed E-state index contributed by atoms with van der Waals surface area (Å²) in [5.74, 6) is 0.749. The van der Waals surface area contributed by atoms with E-state index in [2.05, 4.69) is 5.32 Å². The fourth-order valence-corrected chi connectivity index (χ4v) is 2.85. The van der Waals surface area contributed by atoms with Gasteiger partial charge in [0.25, 0.3) is 5.91 Å². The van der Waals surface area contributed by atoms with Crippen molar-refractivity contribution in [2.75, 3.05) is 24.8 Å². The maximum atomic E-state index is 12.1. The van der Waals surface area contributed by atoms with Gasteiger partial charge in [0.2, 0.25) is 0 Å². The maximum Gasteiger partial charge on any atom is 0.252 e. The van der Waals surface area contributed by atoms with Crippen molar-refractivity contribution in [1.29, 1.82) is 0 Å². The van der Waals surface area contributed by atoms with Gasteiger partial charge < -0.3 is 10.4 Å². The highest BCUT2D eigenvalue weighted by molar-refractivity contribution is 7.98. The molecule has 0 aliphatic rings. The first-order valence-electron chi connectivity index (χ1n) is 6.13. The molecule has 1 aromatic carbocycles. The van der Waals surface area contributed by atoms with Crippen LogP contribution >= 0.6 is 23.5 Å². The van der Waals surface area contributed by atoms with Crippen molar-refractivity contribution >= 4 is 29.4 Å². The van der Waals surface area contributed by atoms with Crippen molar-refractivity contribution in [3.63, 3.8) is 0 Å². The zero-order valence-electron chi connectivity index (χ0n) is 11.6. The summed E-state index contributed by atoms with van der Waals surface area (Å²) < 4.78 is 0. The SMILES string of the molecule is CSCC[C@@](C)(O)CNC(=O)c1ccccc1SC. The van der Waals surface area contributed by atoms with E-state index in [-0.39, 0.29) is 12.5 Å². The van der Waals surface area contributed by atoms with E-state index < -0.39 is 5.60 Å². The lowest BCUT2D eigenvalue weighted by molar-refractivity contribution is 0.0527. The molecule has 0 heterocycles. The molecule has 19 heavy (non-hydrogen) atoms. The molecule has 3 nitrogen and oxygen atoms in total. The molecule has 0 aliphatic heterocycles. The normalized spacial score (nSPS) is 13.9. The number of benzene rings is 1. The van der Waals surface area contributed by atoms with E-state index >= 15 is 0 Å². The lowest BCUT2D eigenvalue weighted by Gasteiger charge is -2.23. The molecule has 1 aromatic rings. The molecule has 0 radical (unpaired) electrons. The second-order valence-electron chi connectivity index (χ2n) is 4.62. The van der Waals surface area contributed by atoms with Gasteiger partial charge in [-0.15, -0.1) is 11.8 Å². The average Bonchev–Trinajstić information content (AvgIpc) is 2.42. The largest absolute Gasteiger partial charge is 0.388 e. The highest BCUT2D eigenvalue weighted by Crippen LogP contribution is 2.20. The van der Waals surface area contributed by atoms with Crippen molar-refractivity contribution in [3.05, 3.63) is 29.8 Å². The van der Waals surface area contributed by atoms with Crippen LogP contribution in [0.3, 0.4) is 0 Å². The lowest BCUT2D eigenvalue weighted by Crippen LogP contribution is -2.41. The van der Waals surface area contributed by atoms with Gasteiger partial charge in [0.05, 0.1) is 11.2 Å². The molecule has 0 unspecified atom stereocenters. The Kier molecular flexibility index (Phi) is 6.75. The zero-order valence-corrected chi connectivity index (χ0v) is 13.2. The zero-order chi connectivity index (χ0) is 14.3. The molecule has 0 fully saturated rings.